The Morgan fingerprint density at radius 3 is 3.00 bits per heavy atom. The van der Waals surface area contributed by atoms with E-state index in [4.69, 9.17) is 9.52 Å². The van der Waals surface area contributed by atoms with Crippen LogP contribution >= 0.6 is 0 Å². The van der Waals surface area contributed by atoms with Gasteiger partial charge in [0, 0.05) is 19.5 Å². The average molecular weight is 294 g/mol. The minimum atomic E-state index is -0.843. The number of furan rings is 1. The Bertz CT molecular complexity index is 472. The molecule has 1 aromatic rings. The smallest absolute Gasteiger partial charge is 0.318 e. The summed E-state index contributed by atoms with van der Waals surface area (Å²) in [6, 6.07) is 3.54. The second-order valence-corrected chi connectivity index (χ2v) is 5.58. The van der Waals surface area contributed by atoms with Crippen LogP contribution in [0.15, 0.2) is 22.8 Å². The Balaban J connectivity index is 1.92. The highest BCUT2D eigenvalue weighted by Gasteiger charge is 2.32. The third kappa shape index (κ3) is 4.24. The number of nitrogens with one attached hydrogen (secondary N) is 1. The Morgan fingerprint density at radius 2 is 2.33 bits per heavy atom. The summed E-state index contributed by atoms with van der Waals surface area (Å²) >= 11 is 0. The van der Waals surface area contributed by atoms with Gasteiger partial charge in [0.1, 0.15) is 5.76 Å². The first-order valence-corrected chi connectivity index (χ1v) is 7.37. The number of likely N-dealkylation sites (tertiary alicyclic amines) is 1. The summed E-state index contributed by atoms with van der Waals surface area (Å²) in [5, 5.41) is 11.4. The highest BCUT2D eigenvalue weighted by molar-refractivity contribution is 5.75. The number of aliphatic carboxylic acids is 1. The van der Waals surface area contributed by atoms with Crippen LogP contribution in [0.3, 0.4) is 0 Å². The molecule has 2 rings (SSSR count). The Labute approximate surface area is 124 Å². The number of hydrogen-bond donors (Lipinski definition) is 2. The number of nitrogens with zero attached hydrogens (tertiary/aromatic N) is 1. The third-order valence-corrected chi connectivity index (χ3v) is 3.84. The molecular formula is C15H22N2O4. The van der Waals surface area contributed by atoms with Gasteiger partial charge in [0.25, 0.3) is 0 Å². The monoisotopic (exact) mass is 294 g/mol. The van der Waals surface area contributed by atoms with Crippen molar-refractivity contribution in [2.75, 3.05) is 13.1 Å². The Hall–Kier alpha value is -1.98. The van der Waals surface area contributed by atoms with Gasteiger partial charge in [0.05, 0.1) is 12.3 Å². The van der Waals surface area contributed by atoms with E-state index in [1.54, 1.807) is 11.2 Å². The minimum absolute atomic E-state index is 0.0387. The average Bonchev–Trinajstić information content (AvgIpc) is 2.97. The highest BCUT2D eigenvalue weighted by atomic mass is 16.4. The van der Waals surface area contributed by atoms with E-state index in [1.807, 2.05) is 12.1 Å². The van der Waals surface area contributed by atoms with E-state index in [0.717, 1.165) is 18.6 Å². The molecule has 0 aliphatic carbocycles. The van der Waals surface area contributed by atoms with Crippen LogP contribution in [0.5, 0.6) is 0 Å². The molecule has 1 fully saturated rings. The van der Waals surface area contributed by atoms with Gasteiger partial charge in [-0.1, -0.05) is 6.92 Å². The Morgan fingerprint density at radius 1 is 1.52 bits per heavy atom. The van der Waals surface area contributed by atoms with Gasteiger partial charge in [-0.2, -0.15) is 0 Å². The van der Waals surface area contributed by atoms with Crippen molar-refractivity contribution in [3.8, 4) is 0 Å². The summed E-state index contributed by atoms with van der Waals surface area (Å²) in [6.07, 6.45) is 3.99. The fourth-order valence-corrected chi connectivity index (χ4v) is 2.67. The number of carbonyl (C=O) groups excluding carboxylic acids is 1. The van der Waals surface area contributed by atoms with Crippen molar-refractivity contribution in [2.45, 2.75) is 38.6 Å². The van der Waals surface area contributed by atoms with E-state index >= 15 is 0 Å². The van der Waals surface area contributed by atoms with Gasteiger partial charge >= 0.3 is 12.0 Å². The van der Waals surface area contributed by atoms with Crippen LogP contribution in [0.4, 0.5) is 4.79 Å². The van der Waals surface area contributed by atoms with Crippen molar-refractivity contribution in [1.82, 2.24) is 10.2 Å². The molecule has 21 heavy (non-hydrogen) atoms. The van der Waals surface area contributed by atoms with Crippen molar-refractivity contribution in [3.63, 3.8) is 0 Å². The molecule has 2 unspecified atom stereocenters. The first-order chi connectivity index (χ1) is 10.1. The number of amides is 2. The number of carboxylic acid groups (broad SMARTS) is 1. The van der Waals surface area contributed by atoms with Crippen molar-refractivity contribution >= 4 is 12.0 Å². The molecule has 2 amide bonds. The van der Waals surface area contributed by atoms with Crippen LogP contribution in [0.2, 0.25) is 0 Å². The van der Waals surface area contributed by atoms with E-state index in [1.165, 1.54) is 0 Å². The van der Waals surface area contributed by atoms with Crippen molar-refractivity contribution < 1.29 is 19.1 Å². The lowest BCUT2D eigenvalue weighted by atomic mass is 9.91. The highest BCUT2D eigenvalue weighted by Crippen LogP contribution is 2.34. The molecule has 2 heterocycles. The van der Waals surface area contributed by atoms with E-state index in [0.29, 0.717) is 25.4 Å². The van der Waals surface area contributed by atoms with Crippen LogP contribution in [0.1, 0.15) is 44.4 Å². The van der Waals surface area contributed by atoms with Crippen molar-refractivity contribution in [2.24, 2.45) is 5.92 Å². The quantitative estimate of drug-likeness (QED) is 0.818. The minimum Gasteiger partial charge on any atom is -0.481 e. The molecule has 2 atom stereocenters. The number of piperidine rings is 1. The van der Waals surface area contributed by atoms with Crippen LogP contribution in [-0.4, -0.2) is 35.1 Å². The van der Waals surface area contributed by atoms with Gasteiger partial charge in [-0.15, -0.1) is 0 Å². The normalized spacial score (nSPS) is 22.0. The molecule has 0 aromatic carbocycles. The largest absolute Gasteiger partial charge is 0.481 e. The molecule has 0 saturated carbocycles. The second kappa shape index (κ2) is 7.15. The molecule has 0 bridgehead atoms. The first kappa shape index (κ1) is 15.4. The molecule has 2 N–H and O–H groups in total. The lowest BCUT2D eigenvalue weighted by Crippen LogP contribution is -2.46. The predicted octanol–water partition coefficient (Wildman–Crippen LogP) is 2.63. The molecule has 1 aliphatic rings. The van der Waals surface area contributed by atoms with Gasteiger partial charge in [-0.25, -0.2) is 4.79 Å². The molecule has 0 radical (unpaired) electrons. The number of rotatable bonds is 5. The summed E-state index contributed by atoms with van der Waals surface area (Å²) in [4.78, 5) is 24.5. The van der Waals surface area contributed by atoms with Crippen LogP contribution in [0, 0.1) is 5.92 Å². The summed E-state index contributed by atoms with van der Waals surface area (Å²) in [5.74, 6) is 0.517. The third-order valence-electron chi connectivity index (χ3n) is 3.84. The molecule has 1 saturated heterocycles. The van der Waals surface area contributed by atoms with Gasteiger partial charge in [-0.3, -0.25) is 4.79 Å². The van der Waals surface area contributed by atoms with E-state index in [-0.39, 0.29) is 18.5 Å². The molecule has 6 heteroatoms. The molecule has 1 aromatic heterocycles. The van der Waals surface area contributed by atoms with Crippen molar-refractivity contribution in [1.29, 1.82) is 0 Å². The van der Waals surface area contributed by atoms with Gasteiger partial charge in [0.2, 0.25) is 0 Å². The zero-order valence-electron chi connectivity index (χ0n) is 12.2. The maximum absolute atomic E-state index is 12.3. The maximum Gasteiger partial charge on any atom is 0.318 e. The lowest BCUT2D eigenvalue weighted by molar-refractivity contribution is -0.137. The molecule has 0 spiro atoms. The zero-order chi connectivity index (χ0) is 15.2. The predicted molar refractivity (Wildman–Crippen MR) is 76.8 cm³/mol. The summed E-state index contributed by atoms with van der Waals surface area (Å²) < 4.78 is 5.46. The fourth-order valence-electron chi connectivity index (χ4n) is 2.67. The summed E-state index contributed by atoms with van der Waals surface area (Å²) in [7, 11) is 0. The maximum atomic E-state index is 12.3. The van der Waals surface area contributed by atoms with Crippen LogP contribution in [0.25, 0.3) is 0 Å². The topological polar surface area (TPSA) is 82.8 Å². The van der Waals surface area contributed by atoms with Gasteiger partial charge in [0.15, 0.2) is 0 Å². The molecule has 6 nitrogen and oxygen atoms in total. The Kier molecular flexibility index (Phi) is 5.25. The fraction of sp³-hybridized carbons (Fsp3) is 0.600. The van der Waals surface area contributed by atoms with Gasteiger partial charge in [-0.05, 0) is 37.3 Å². The lowest BCUT2D eigenvalue weighted by Gasteiger charge is -2.37. The number of carboxylic acids is 1. The number of hydrogen-bond acceptors (Lipinski definition) is 3. The SMILES string of the molecule is CC1CCN(C(=O)NCCCC(=O)O)C(c2ccco2)C1. The first-order valence-electron chi connectivity index (χ1n) is 7.37. The van der Waals surface area contributed by atoms with E-state index in [9.17, 15) is 9.59 Å². The second-order valence-electron chi connectivity index (χ2n) is 5.58. The zero-order valence-corrected chi connectivity index (χ0v) is 12.2. The molecule has 1 aliphatic heterocycles. The number of urea groups is 1. The van der Waals surface area contributed by atoms with E-state index < -0.39 is 5.97 Å². The summed E-state index contributed by atoms with van der Waals surface area (Å²) in [5.41, 5.74) is 0. The number of carbonyl (C=O) groups is 2. The van der Waals surface area contributed by atoms with Crippen LogP contribution in [-0.2, 0) is 4.79 Å². The summed E-state index contributed by atoms with van der Waals surface area (Å²) in [6.45, 7) is 3.25. The van der Waals surface area contributed by atoms with Crippen LogP contribution < -0.4 is 5.32 Å². The van der Waals surface area contributed by atoms with Gasteiger partial charge < -0.3 is 19.7 Å². The standard InChI is InChI=1S/C15H22N2O4/c1-11-6-8-17(12(10-11)13-4-3-9-21-13)15(20)16-7-2-5-14(18)19/h3-4,9,11-12H,2,5-8,10H2,1H3,(H,16,20)(H,18,19). The van der Waals surface area contributed by atoms with Crippen molar-refractivity contribution in [3.05, 3.63) is 24.2 Å². The van der Waals surface area contributed by atoms with E-state index in [2.05, 4.69) is 12.2 Å². The molecular weight excluding hydrogens is 272 g/mol. The molecule has 116 valence electrons.